The van der Waals surface area contributed by atoms with Crippen molar-refractivity contribution < 1.29 is 14.6 Å². The molecule has 0 fully saturated rings. The summed E-state index contributed by atoms with van der Waals surface area (Å²) in [6.45, 7) is 1.80. The lowest BCUT2D eigenvalue weighted by Crippen LogP contribution is -2.12. The van der Waals surface area contributed by atoms with Crippen molar-refractivity contribution in [2.45, 2.75) is 19.4 Å². The molecule has 5 heteroatoms. The number of benzene rings is 1. The van der Waals surface area contributed by atoms with E-state index in [0.717, 1.165) is 0 Å². The van der Waals surface area contributed by atoms with Crippen LogP contribution in [0.2, 0.25) is 0 Å². The molecule has 0 aromatic heterocycles. The summed E-state index contributed by atoms with van der Waals surface area (Å²) in [7, 11) is 0. The van der Waals surface area contributed by atoms with Crippen molar-refractivity contribution in [3.63, 3.8) is 0 Å². The summed E-state index contributed by atoms with van der Waals surface area (Å²) in [6, 6.07) is 4.61. The predicted molar refractivity (Wildman–Crippen MR) is 61.8 cm³/mol. The van der Waals surface area contributed by atoms with Gasteiger partial charge in [0.05, 0.1) is 18.3 Å². The van der Waals surface area contributed by atoms with E-state index in [1.807, 2.05) is 0 Å². The monoisotopic (exact) mass is 224 g/mol. The Hall–Kier alpha value is -1.75. The largest absolute Gasteiger partial charge is 0.462 e. The number of hydrogen-bond donors (Lipinski definition) is 3. The molecule has 0 saturated carbocycles. The lowest BCUT2D eigenvalue weighted by atomic mass is 10.1. The number of nitrogen functional groups attached to an aromatic ring is 2. The average molecular weight is 224 g/mol. The second-order valence-electron chi connectivity index (χ2n) is 3.62. The zero-order valence-electron chi connectivity index (χ0n) is 9.14. The maximum Gasteiger partial charge on any atom is 0.340 e. The number of carbonyl (C=O) groups excluding carboxylic acids is 1. The number of carbonyl (C=O) groups is 1. The lowest BCUT2D eigenvalue weighted by molar-refractivity contribution is 0.0445. The Labute approximate surface area is 94.0 Å². The molecule has 5 nitrogen and oxygen atoms in total. The SMILES string of the molecule is CC(O)CCOC(=O)c1ccc(N)cc1N. The second-order valence-corrected chi connectivity index (χ2v) is 3.62. The fourth-order valence-corrected chi connectivity index (χ4v) is 1.17. The predicted octanol–water partition coefficient (Wildman–Crippen LogP) is 0.779. The number of aliphatic hydroxyl groups is 1. The van der Waals surface area contributed by atoms with E-state index in [1.165, 1.54) is 12.1 Å². The number of nitrogens with two attached hydrogens (primary N) is 2. The van der Waals surface area contributed by atoms with Crippen molar-refractivity contribution in [3.8, 4) is 0 Å². The van der Waals surface area contributed by atoms with Gasteiger partial charge in [-0.2, -0.15) is 0 Å². The number of rotatable bonds is 4. The molecule has 1 aromatic rings. The first-order chi connectivity index (χ1) is 7.50. The fraction of sp³-hybridized carbons (Fsp3) is 0.364. The average Bonchev–Trinajstić information content (AvgIpc) is 2.16. The molecule has 0 aliphatic rings. The van der Waals surface area contributed by atoms with Crippen LogP contribution in [0.25, 0.3) is 0 Å². The maximum atomic E-state index is 11.5. The van der Waals surface area contributed by atoms with E-state index in [4.69, 9.17) is 21.3 Å². The fourth-order valence-electron chi connectivity index (χ4n) is 1.17. The Morgan fingerprint density at radius 3 is 2.75 bits per heavy atom. The number of esters is 1. The van der Waals surface area contributed by atoms with E-state index in [2.05, 4.69) is 0 Å². The Morgan fingerprint density at radius 1 is 1.50 bits per heavy atom. The van der Waals surface area contributed by atoms with Crippen LogP contribution in [0.3, 0.4) is 0 Å². The first-order valence-corrected chi connectivity index (χ1v) is 5.01. The minimum absolute atomic E-state index is 0.167. The van der Waals surface area contributed by atoms with Crippen molar-refractivity contribution in [2.75, 3.05) is 18.1 Å². The highest BCUT2D eigenvalue weighted by Gasteiger charge is 2.11. The van der Waals surface area contributed by atoms with Crippen molar-refractivity contribution in [3.05, 3.63) is 23.8 Å². The quantitative estimate of drug-likeness (QED) is 0.518. The molecule has 16 heavy (non-hydrogen) atoms. The van der Waals surface area contributed by atoms with Crippen LogP contribution in [0.5, 0.6) is 0 Å². The molecule has 88 valence electrons. The van der Waals surface area contributed by atoms with Crippen LogP contribution >= 0.6 is 0 Å². The summed E-state index contributed by atoms with van der Waals surface area (Å²) in [6.07, 6.45) is -0.0859. The number of ether oxygens (including phenoxy) is 1. The van der Waals surface area contributed by atoms with Crippen molar-refractivity contribution in [1.29, 1.82) is 0 Å². The third-order valence-electron chi connectivity index (χ3n) is 2.06. The smallest absolute Gasteiger partial charge is 0.340 e. The molecule has 0 spiro atoms. The molecular weight excluding hydrogens is 208 g/mol. The van der Waals surface area contributed by atoms with Gasteiger partial charge in [-0.3, -0.25) is 0 Å². The molecule has 1 unspecified atom stereocenters. The van der Waals surface area contributed by atoms with Crippen molar-refractivity contribution >= 4 is 17.3 Å². The molecule has 0 bridgehead atoms. The summed E-state index contributed by atoms with van der Waals surface area (Å²) in [4.78, 5) is 11.5. The molecule has 0 aliphatic heterocycles. The Balaban J connectivity index is 2.59. The number of hydrogen-bond acceptors (Lipinski definition) is 5. The first-order valence-electron chi connectivity index (χ1n) is 5.01. The van der Waals surface area contributed by atoms with Gasteiger partial charge in [-0.1, -0.05) is 0 Å². The Kier molecular flexibility index (Phi) is 4.13. The van der Waals surface area contributed by atoms with Gasteiger partial charge in [-0.15, -0.1) is 0 Å². The van der Waals surface area contributed by atoms with Gasteiger partial charge in [-0.25, -0.2) is 4.79 Å². The molecule has 0 radical (unpaired) electrons. The molecule has 0 amide bonds. The van der Waals surface area contributed by atoms with E-state index >= 15 is 0 Å². The van der Waals surface area contributed by atoms with Crippen LogP contribution in [0.15, 0.2) is 18.2 Å². The van der Waals surface area contributed by atoms with E-state index < -0.39 is 12.1 Å². The molecule has 5 N–H and O–H groups in total. The van der Waals surface area contributed by atoms with Crippen LogP contribution < -0.4 is 11.5 Å². The molecule has 0 saturated heterocycles. The maximum absolute atomic E-state index is 11.5. The van der Waals surface area contributed by atoms with Crippen LogP contribution in [0.4, 0.5) is 11.4 Å². The minimum Gasteiger partial charge on any atom is -0.462 e. The summed E-state index contributed by atoms with van der Waals surface area (Å²) in [5, 5.41) is 8.99. The third-order valence-corrected chi connectivity index (χ3v) is 2.06. The van der Waals surface area contributed by atoms with Gasteiger partial charge in [0.15, 0.2) is 0 Å². The lowest BCUT2D eigenvalue weighted by Gasteiger charge is -2.08. The minimum atomic E-state index is -0.502. The topological polar surface area (TPSA) is 98.6 Å². The molecule has 0 aliphatic carbocycles. The standard InChI is InChI=1S/C11H16N2O3/c1-7(14)4-5-16-11(15)9-3-2-8(12)6-10(9)13/h2-3,6-7,14H,4-5,12-13H2,1H3. The molecule has 1 rings (SSSR count). The highest BCUT2D eigenvalue weighted by molar-refractivity contribution is 5.95. The van der Waals surface area contributed by atoms with Gasteiger partial charge >= 0.3 is 5.97 Å². The third kappa shape index (κ3) is 3.43. The normalized spacial score (nSPS) is 12.1. The number of aliphatic hydroxyl groups excluding tert-OH is 1. The Morgan fingerprint density at radius 2 is 2.19 bits per heavy atom. The van der Waals surface area contributed by atoms with Crippen molar-refractivity contribution in [2.24, 2.45) is 0 Å². The molecule has 0 heterocycles. The van der Waals surface area contributed by atoms with Crippen LogP contribution in [-0.2, 0) is 4.74 Å². The Bertz CT molecular complexity index is 377. The summed E-state index contributed by atoms with van der Waals surface area (Å²) in [5.41, 5.74) is 12.2. The van der Waals surface area contributed by atoms with Gasteiger partial charge in [0.2, 0.25) is 0 Å². The van der Waals surface area contributed by atoms with E-state index in [0.29, 0.717) is 23.4 Å². The second kappa shape index (κ2) is 5.37. The molecular formula is C11H16N2O3. The van der Waals surface area contributed by atoms with Crippen LogP contribution in [-0.4, -0.2) is 23.8 Å². The molecule has 1 aromatic carbocycles. The highest BCUT2D eigenvalue weighted by Crippen LogP contribution is 2.16. The van der Waals surface area contributed by atoms with Gasteiger partial charge in [0.1, 0.15) is 0 Å². The summed E-state index contributed by atoms with van der Waals surface area (Å²) >= 11 is 0. The van der Waals surface area contributed by atoms with E-state index in [9.17, 15) is 4.79 Å². The van der Waals surface area contributed by atoms with Gasteiger partial charge in [-0.05, 0) is 25.1 Å². The number of anilines is 2. The zero-order valence-corrected chi connectivity index (χ0v) is 9.14. The van der Waals surface area contributed by atoms with E-state index in [-0.39, 0.29) is 6.61 Å². The van der Waals surface area contributed by atoms with Crippen molar-refractivity contribution in [1.82, 2.24) is 0 Å². The first kappa shape index (κ1) is 12.3. The van der Waals surface area contributed by atoms with Gasteiger partial charge < -0.3 is 21.3 Å². The zero-order chi connectivity index (χ0) is 12.1. The van der Waals surface area contributed by atoms with Gasteiger partial charge in [0.25, 0.3) is 0 Å². The molecule has 1 atom stereocenters. The van der Waals surface area contributed by atoms with Crippen LogP contribution in [0.1, 0.15) is 23.7 Å². The van der Waals surface area contributed by atoms with Crippen LogP contribution in [0, 0.1) is 0 Å². The summed E-state index contributed by atoms with van der Waals surface area (Å²) in [5.74, 6) is -0.502. The highest BCUT2D eigenvalue weighted by atomic mass is 16.5. The van der Waals surface area contributed by atoms with E-state index in [1.54, 1.807) is 13.0 Å². The van der Waals surface area contributed by atoms with Gasteiger partial charge in [0, 0.05) is 17.8 Å². The summed E-state index contributed by atoms with van der Waals surface area (Å²) < 4.78 is 4.94.